The summed E-state index contributed by atoms with van der Waals surface area (Å²) in [5.41, 5.74) is 3.98. The predicted octanol–water partition coefficient (Wildman–Crippen LogP) is 7.51. The molecule has 0 unspecified atom stereocenters. The molecular weight excluding hydrogens is 511 g/mol. The van der Waals surface area contributed by atoms with Gasteiger partial charge in [-0.1, -0.05) is 65.3 Å². The maximum absolute atomic E-state index is 14.9. The molecule has 196 valence electrons. The number of carbonyl (C=O) groups is 2. The lowest BCUT2D eigenvalue weighted by Crippen LogP contribution is -2.28. The molecule has 0 atom stereocenters. The minimum Gasteiger partial charge on any atom is -0.466 e. The first-order valence-corrected chi connectivity index (χ1v) is 12.4. The number of esters is 1. The Labute approximate surface area is 224 Å². The molecule has 0 saturated heterocycles. The topological polar surface area (TPSA) is 81.9 Å². The molecule has 0 saturated carbocycles. The number of aryl methyl sites for hydroxylation is 1. The lowest BCUT2D eigenvalue weighted by atomic mass is 10.0. The van der Waals surface area contributed by atoms with Gasteiger partial charge in [-0.15, -0.1) is 0 Å². The van der Waals surface area contributed by atoms with Crippen molar-refractivity contribution in [1.29, 1.82) is 0 Å². The third kappa shape index (κ3) is 5.86. The average Bonchev–Trinajstić information content (AvgIpc) is 3.27. The molecule has 1 heterocycles. The molecule has 38 heavy (non-hydrogen) atoms. The van der Waals surface area contributed by atoms with Crippen LogP contribution in [0.25, 0.3) is 22.5 Å². The summed E-state index contributed by atoms with van der Waals surface area (Å²) in [7, 11) is 0. The molecule has 0 bridgehead atoms. The summed E-state index contributed by atoms with van der Waals surface area (Å²) in [6, 6.07) is 19.1. The number of anilines is 2. The van der Waals surface area contributed by atoms with E-state index in [1.54, 1.807) is 20.8 Å². The Morgan fingerprint density at radius 3 is 2.13 bits per heavy atom. The van der Waals surface area contributed by atoms with Crippen molar-refractivity contribution in [2.24, 2.45) is 0 Å². The van der Waals surface area contributed by atoms with E-state index in [1.165, 1.54) is 12.1 Å². The maximum Gasteiger partial charge on any atom is 0.419 e. The number of aromatic nitrogens is 1. The van der Waals surface area contributed by atoms with Gasteiger partial charge in [0.25, 0.3) is 0 Å². The molecule has 0 aliphatic rings. The van der Waals surface area contributed by atoms with Gasteiger partial charge in [-0.25, -0.2) is 14.1 Å². The highest BCUT2D eigenvalue weighted by atomic mass is 35.5. The van der Waals surface area contributed by atoms with Gasteiger partial charge in [0.05, 0.1) is 25.3 Å². The monoisotopic (exact) mass is 536 g/mol. The Morgan fingerprint density at radius 2 is 1.53 bits per heavy atom. The van der Waals surface area contributed by atoms with Crippen LogP contribution >= 0.6 is 11.6 Å². The molecule has 0 aliphatic heterocycles. The Bertz CT molecular complexity index is 1430. The van der Waals surface area contributed by atoms with Crippen molar-refractivity contribution in [2.75, 3.05) is 18.1 Å². The van der Waals surface area contributed by atoms with Gasteiger partial charge in [-0.2, -0.15) is 0 Å². The number of hydrogen-bond acceptors (Lipinski definition) is 6. The molecule has 4 aromatic rings. The van der Waals surface area contributed by atoms with Gasteiger partial charge < -0.3 is 14.0 Å². The van der Waals surface area contributed by atoms with E-state index in [0.29, 0.717) is 17.9 Å². The fourth-order valence-corrected chi connectivity index (χ4v) is 4.14. The highest BCUT2D eigenvalue weighted by Gasteiger charge is 2.30. The van der Waals surface area contributed by atoms with Gasteiger partial charge in [0.15, 0.2) is 5.76 Å². The second kappa shape index (κ2) is 11.9. The Balaban J connectivity index is 1.66. The third-order valence-corrected chi connectivity index (χ3v) is 5.98. The number of halogens is 2. The first-order valence-electron chi connectivity index (χ1n) is 12.1. The van der Waals surface area contributed by atoms with Crippen LogP contribution in [-0.4, -0.2) is 30.4 Å². The van der Waals surface area contributed by atoms with Crippen molar-refractivity contribution in [3.8, 4) is 22.5 Å². The van der Waals surface area contributed by atoms with Gasteiger partial charge in [0.2, 0.25) is 0 Å². The van der Waals surface area contributed by atoms with Gasteiger partial charge >= 0.3 is 12.1 Å². The largest absolute Gasteiger partial charge is 0.466 e. The molecule has 1 aromatic heterocycles. The van der Waals surface area contributed by atoms with E-state index in [2.05, 4.69) is 5.16 Å². The van der Waals surface area contributed by atoms with Crippen LogP contribution in [0, 0.1) is 12.7 Å². The summed E-state index contributed by atoms with van der Waals surface area (Å²) in [6.45, 7) is 5.55. The molecular formula is C29H26ClFN2O5. The number of ether oxygens (including phenoxy) is 2. The van der Waals surface area contributed by atoms with E-state index < -0.39 is 11.9 Å². The van der Waals surface area contributed by atoms with Gasteiger partial charge in [-0.05, 0) is 55.7 Å². The van der Waals surface area contributed by atoms with Gasteiger partial charge in [0.1, 0.15) is 17.2 Å². The zero-order valence-corrected chi connectivity index (χ0v) is 21.9. The molecule has 4 rings (SSSR count). The fourth-order valence-electron chi connectivity index (χ4n) is 3.99. The zero-order valence-electron chi connectivity index (χ0n) is 21.2. The maximum atomic E-state index is 14.9. The van der Waals surface area contributed by atoms with Crippen molar-refractivity contribution in [2.45, 2.75) is 27.2 Å². The first-order chi connectivity index (χ1) is 18.3. The Kier molecular flexibility index (Phi) is 8.43. The number of carbonyl (C=O) groups excluding carboxylic acids is 2. The highest BCUT2D eigenvalue weighted by molar-refractivity contribution is 6.30. The fraction of sp³-hybridized carbons (Fsp3) is 0.207. The van der Waals surface area contributed by atoms with Crippen LogP contribution in [-0.2, 0) is 20.7 Å². The van der Waals surface area contributed by atoms with E-state index >= 15 is 0 Å². The summed E-state index contributed by atoms with van der Waals surface area (Å²) >= 11 is 5.93. The van der Waals surface area contributed by atoms with Crippen molar-refractivity contribution < 1.29 is 28.0 Å². The smallest absolute Gasteiger partial charge is 0.419 e. The molecule has 0 aliphatic carbocycles. The van der Waals surface area contributed by atoms with Crippen molar-refractivity contribution in [3.63, 3.8) is 0 Å². The number of hydrogen-bond donors (Lipinski definition) is 0. The van der Waals surface area contributed by atoms with E-state index in [4.69, 9.17) is 25.6 Å². The van der Waals surface area contributed by atoms with Gasteiger partial charge in [-0.3, -0.25) is 4.79 Å². The summed E-state index contributed by atoms with van der Waals surface area (Å²) in [4.78, 5) is 25.8. The van der Waals surface area contributed by atoms with Crippen LogP contribution in [0.3, 0.4) is 0 Å². The van der Waals surface area contributed by atoms with Crippen molar-refractivity contribution in [3.05, 3.63) is 88.8 Å². The van der Waals surface area contributed by atoms with E-state index in [0.717, 1.165) is 27.7 Å². The summed E-state index contributed by atoms with van der Waals surface area (Å²) < 4.78 is 30.8. The predicted molar refractivity (Wildman–Crippen MR) is 143 cm³/mol. The lowest BCUT2D eigenvalue weighted by molar-refractivity contribution is -0.142. The first kappa shape index (κ1) is 26.9. The van der Waals surface area contributed by atoms with Crippen LogP contribution in [0.15, 0.2) is 71.3 Å². The van der Waals surface area contributed by atoms with Crippen LogP contribution in [0.2, 0.25) is 5.02 Å². The van der Waals surface area contributed by atoms with Crippen LogP contribution in [0.4, 0.5) is 20.6 Å². The minimum absolute atomic E-state index is 0.0417. The average molecular weight is 537 g/mol. The van der Waals surface area contributed by atoms with Gasteiger partial charge in [0, 0.05) is 10.6 Å². The second-order valence-corrected chi connectivity index (χ2v) is 8.77. The van der Waals surface area contributed by atoms with E-state index in [-0.39, 0.29) is 41.2 Å². The van der Waals surface area contributed by atoms with Crippen LogP contribution < -0.4 is 4.90 Å². The molecule has 9 heteroatoms. The highest BCUT2D eigenvalue weighted by Crippen LogP contribution is 2.40. The number of benzene rings is 3. The Hall–Kier alpha value is -4.17. The quantitative estimate of drug-likeness (QED) is 0.217. The summed E-state index contributed by atoms with van der Waals surface area (Å²) in [5, 5.41) is 4.24. The molecule has 0 spiro atoms. The van der Waals surface area contributed by atoms with E-state index in [1.807, 2.05) is 48.5 Å². The number of rotatable bonds is 8. The van der Waals surface area contributed by atoms with Crippen molar-refractivity contribution >= 4 is 35.0 Å². The SMILES string of the molecule is CCOC(=O)Cc1ccc(-c2ccc(-c3onc(C)c3N(C(=O)OCC)c3ccc(Cl)cc3F)cc2)cc1. The summed E-state index contributed by atoms with van der Waals surface area (Å²) in [6.07, 6.45) is -0.563. The molecule has 0 fully saturated rings. The standard InChI is InChI=1S/C29H26ClFN2O5/c1-4-36-26(34)16-19-6-8-20(9-7-19)21-10-12-22(13-11-21)28-27(18(3)32-38-28)33(29(35)37-5-2)25-15-14-23(30)17-24(25)31/h6-15,17H,4-5,16H2,1-3H3. The van der Waals surface area contributed by atoms with Crippen LogP contribution in [0.5, 0.6) is 0 Å². The molecule has 0 N–H and O–H groups in total. The Morgan fingerprint density at radius 1 is 0.921 bits per heavy atom. The number of nitrogens with zero attached hydrogens (tertiary/aromatic N) is 2. The third-order valence-electron chi connectivity index (χ3n) is 5.74. The normalized spacial score (nSPS) is 10.8. The molecule has 0 radical (unpaired) electrons. The van der Waals surface area contributed by atoms with Crippen molar-refractivity contribution in [1.82, 2.24) is 5.16 Å². The zero-order chi connectivity index (χ0) is 27.2. The molecule has 1 amide bonds. The molecule has 7 nitrogen and oxygen atoms in total. The minimum atomic E-state index is -0.777. The molecule has 3 aromatic carbocycles. The second-order valence-electron chi connectivity index (χ2n) is 8.33. The number of amides is 1. The lowest BCUT2D eigenvalue weighted by Gasteiger charge is -2.22. The summed E-state index contributed by atoms with van der Waals surface area (Å²) in [5.74, 6) is -0.682. The van der Waals surface area contributed by atoms with Crippen LogP contribution in [0.1, 0.15) is 25.1 Å². The van der Waals surface area contributed by atoms with E-state index in [9.17, 15) is 14.0 Å².